The van der Waals surface area contributed by atoms with Crippen molar-refractivity contribution < 1.29 is 9.53 Å². The van der Waals surface area contributed by atoms with Gasteiger partial charge in [-0.15, -0.1) is 0 Å². The van der Waals surface area contributed by atoms with Crippen LogP contribution in [-0.2, 0) is 4.79 Å². The first-order valence-corrected chi connectivity index (χ1v) is 7.64. The zero-order chi connectivity index (χ0) is 16.4. The van der Waals surface area contributed by atoms with E-state index in [1.165, 1.54) is 0 Å². The van der Waals surface area contributed by atoms with Crippen molar-refractivity contribution in [3.63, 3.8) is 0 Å². The van der Waals surface area contributed by atoms with Crippen LogP contribution in [0.2, 0.25) is 0 Å². The Labute approximate surface area is 135 Å². The number of anilines is 1. The van der Waals surface area contributed by atoms with E-state index in [0.29, 0.717) is 0 Å². The zero-order valence-corrected chi connectivity index (χ0v) is 13.3. The highest BCUT2D eigenvalue weighted by Crippen LogP contribution is 2.36. The number of nitrogen functional groups attached to an aromatic ring is 1. The third kappa shape index (κ3) is 2.97. The van der Waals surface area contributed by atoms with Crippen LogP contribution in [-0.4, -0.2) is 34.4 Å². The molecule has 23 heavy (non-hydrogen) atoms. The molecule has 0 radical (unpaired) electrons. The summed E-state index contributed by atoms with van der Waals surface area (Å²) in [4.78, 5) is 22.3. The summed E-state index contributed by atoms with van der Waals surface area (Å²) in [5.74, 6) is 1.08. The summed E-state index contributed by atoms with van der Waals surface area (Å²) in [6.45, 7) is 2.35. The summed E-state index contributed by atoms with van der Waals surface area (Å²) < 4.78 is 5.20. The van der Waals surface area contributed by atoms with Gasteiger partial charge in [-0.25, -0.2) is 9.97 Å². The third-order valence-corrected chi connectivity index (χ3v) is 4.21. The van der Waals surface area contributed by atoms with E-state index < -0.39 is 0 Å². The zero-order valence-electron chi connectivity index (χ0n) is 13.3. The number of aromatic nitrogens is 2. The molecular formula is C17H20N4O2. The van der Waals surface area contributed by atoms with Crippen LogP contribution < -0.4 is 10.5 Å². The first-order chi connectivity index (χ1) is 11.1. The molecule has 1 aromatic heterocycles. The third-order valence-electron chi connectivity index (χ3n) is 4.21. The molecule has 0 unspecified atom stereocenters. The molecule has 1 amide bonds. The second-order valence-electron chi connectivity index (χ2n) is 5.63. The van der Waals surface area contributed by atoms with E-state index in [2.05, 4.69) is 9.97 Å². The van der Waals surface area contributed by atoms with E-state index in [-0.39, 0.29) is 17.9 Å². The summed E-state index contributed by atoms with van der Waals surface area (Å²) in [7, 11) is 1.63. The van der Waals surface area contributed by atoms with Crippen LogP contribution in [0.25, 0.3) is 11.1 Å². The van der Waals surface area contributed by atoms with E-state index in [4.69, 9.17) is 10.5 Å². The maximum Gasteiger partial charge on any atom is 0.220 e. The van der Waals surface area contributed by atoms with Gasteiger partial charge in [-0.05, 0) is 30.5 Å². The van der Waals surface area contributed by atoms with E-state index in [1.807, 2.05) is 29.2 Å². The largest absolute Gasteiger partial charge is 0.497 e. The molecule has 2 aromatic rings. The Morgan fingerprint density at radius 2 is 2.09 bits per heavy atom. The van der Waals surface area contributed by atoms with Gasteiger partial charge in [-0.3, -0.25) is 4.79 Å². The fourth-order valence-electron chi connectivity index (χ4n) is 3.08. The van der Waals surface area contributed by atoms with Gasteiger partial charge in [0.15, 0.2) is 0 Å². The van der Waals surface area contributed by atoms with Gasteiger partial charge in [-0.2, -0.15) is 0 Å². The normalized spacial score (nSPS) is 17.3. The van der Waals surface area contributed by atoms with Gasteiger partial charge in [-0.1, -0.05) is 12.1 Å². The van der Waals surface area contributed by atoms with Gasteiger partial charge < -0.3 is 15.4 Å². The summed E-state index contributed by atoms with van der Waals surface area (Å²) in [6.07, 6.45) is 3.59. The van der Waals surface area contributed by atoms with Crippen molar-refractivity contribution in [3.8, 4) is 16.9 Å². The average molecular weight is 312 g/mol. The van der Waals surface area contributed by atoms with Crippen LogP contribution in [0.15, 0.2) is 30.5 Å². The smallest absolute Gasteiger partial charge is 0.220 e. The Kier molecular flexibility index (Phi) is 4.14. The standard InChI is InChI=1S/C17H20N4O2/c1-11(22)21-9-3-4-15(21)16-14(10-19-17(18)20-16)12-5-7-13(23-2)8-6-12/h5-8,10,15H,3-4,9H2,1-2H3,(H2,18,19,20)/t15-/m1/s1. The molecule has 6 nitrogen and oxygen atoms in total. The lowest BCUT2D eigenvalue weighted by Gasteiger charge is -2.24. The van der Waals surface area contributed by atoms with Gasteiger partial charge in [0.1, 0.15) is 5.75 Å². The Morgan fingerprint density at radius 3 is 2.74 bits per heavy atom. The molecule has 1 fully saturated rings. The molecule has 120 valence electrons. The number of hydrogen-bond acceptors (Lipinski definition) is 5. The number of nitrogens with zero attached hydrogens (tertiary/aromatic N) is 3. The van der Waals surface area contributed by atoms with Crippen LogP contribution in [0.3, 0.4) is 0 Å². The number of hydrogen-bond donors (Lipinski definition) is 1. The summed E-state index contributed by atoms with van der Waals surface area (Å²) >= 11 is 0. The van der Waals surface area contributed by atoms with Crippen molar-refractivity contribution in [2.75, 3.05) is 19.4 Å². The van der Waals surface area contributed by atoms with Crippen molar-refractivity contribution in [2.24, 2.45) is 0 Å². The van der Waals surface area contributed by atoms with E-state index in [0.717, 1.165) is 42.0 Å². The topological polar surface area (TPSA) is 81.3 Å². The predicted molar refractivity (Wildman–Crippen MR) is 87.8 cm³/mol. The molecule has 1 aromatic carbocycles. The van der Waals surface area contributed by atoms with Crippen LogP contribution in [0.5, 0.6) is 5.75 Å². The number of carbonyl (C=O) groups excluding carboxylic acids is 1. The summed E-state index contributed by atoms with van der Waals surface area (Å²) in [5, 5.41) is 0. The highest BCUT2D eigenvalue weighted by Gasteiger charge is 2.31. The molecular weight excluding hydrogens is 292 g/mol. The molecule has 0 aliphatic carbocycles. The lowest BCUT2D eigenvalue weighted by Crippen LogP contribution is -2.29. The molecule has 6 heteroatoms. The molecule has 3 rings (SSSR count). The Hall–Kier alpha value is -2.63. The van der Waals surface area contributed by atoms with Gasteiger partial charge in [0.25, 0.3) is 0 Å². The Bertz CT molecular complexity index is 715. The van der Waals surface area contributed by atoms with Gasteiger partial charge in [0, 0.05) is 25.2 Å². The van der Waals surface area contributed by atoms with Crippen molar-refractivity contribution in [2.45, 2.75) is 25.8 Å². The number of amides is 1. The van der Waals surface area contributed by atoms with Crippen molar-refractivity contribution >= 4 is 11.9 Å². The fraction of sp³-hybridized carbons (Fsp3) is 0.353. The SMILES string of the molecule is COc1ccc(-c2cnc(N)nc2[C@H]2CCCN2C(C)=O)cc1. The molecule has 1 aliphatic rings. The van der Waals surface area contributed by atoms with Gasteiger partial charge in [0.2, 0.25) is 11.9 Å². The second-order valence-corrected chi connectivity index (χ2v) is 5.63. The fourth-order valence-corrected chi connectivity index (χ4v) is 3.08. The number of likely N-dealkylation sites (tertiary alicyclic amines) is 1. The highest BCUT2D eigenvalue weighted by atomic mass is 16.5. The highest BCUT2D eigenvalue weighted by molar-refractivity contribution is 5.75. The molecule has 2 N–H and O–H groups in total. The number of carbonyl (C=O) groups is 1. The lowest BCUT2D eigenvalue weighted by atomic mass is 9.99. The number of methoxy groups -OCH3 is 1. The second kappa shape index (κ2) is 6.24. The van der Waals surface area contributed by atoms with Gasteiger partial charge >= 0.3 is 0 Å². The number of ether oxygens (including phenoxy) is 1. The molecule has 1 saturated heterocycles. The number of nitrogens with two attached hydrogens (primary N) is 1. The molecule has 0 bridgehead atoms. The summed E-state index contributed by atoms with van der Waals surface area (Å²) in [5.41, 5.74) is 8.50. The minimum atomic E-state index is -0.0464. The molecule has 2 heterocycles. The van der Waals surface area contributed by atoms with E-state index in [9.17, 15) is 4.79 Å². The minimum Gasteiger partial charge on any atom is -0.497 e. The number of benzene rings is 1. The quantitative estimate of drug-likeness (QED) is 0.941. The average Bonchev–Trinajstić information content (AvgIpc) is 3.05. The molecule has 0 saturated carbocycles. The first kappa shape index (κ1) is 15.3. The number of rotatable bonds is 3. The van der Waals surface area contributed by atoms with Crippen LogP contribution in [0, 0.1) is 0 Å². The van der Waals surface area contributed by atoms with Crippen molar-refractivity contribution in [1.82, 2.24) is 14.9 Å². The Balaban J connectivity index is 2.05. The first-order valence-electron chi connectivity index (χ1n) is 7.64. The van der Waals surface area contributed by atoms with Crippen LogP contribution >= 0.6 is 0 Å². The lowest BCUT2D eigenvalue weighted by molar-refractivity contribution is -0.129. The monoisotopic (exact) mass is 312 g/mol. The Morgan fingerprint density at radius 1 is 1.35 bits per heavy atom. The van der Waals surface area contributed by atoms with Gasteiger partial charge in [0.05, 0.1) is 18.8 Å². The van der Waals surface area contributed by atoms with Crippen molar-refractivity contribution in [1.29, 1.82) is 0 Å². The summed E-state index contributed by atoms with van der Waals surface area (Å²) in [6, 6.07) is 7.67. The minimum absolute atomic E-state index is 0.0464. The van der Waals surface area contributed by atoms with Crippen LogP contribution in [0.1, 0.15) is 31.5 Å². The van der Waals surface area contributed by atoms with Crippen molar-refractivity contribution in [3.05, 3.63) is 36.2 Å². The molecule has 1 aliphatic heterocycles. The maximum atomic E-state index is 11.9. The predicted octanol–water partition coefficient (Wildman–Crippen LogP) is 2.42. The molecule has 0 spiro atoms. The molecule has 1 atom stereocenters. The van der Waals surface area contributed by atoms with E-state index in [1.54, 1.807) is 20.2 Å². The van der Waals surface area contributed by atoms with Crippen LogP contribution in [0.4, 0.5) is 5.95 Å². The maximum absolute atomic E-state index is 11.9. The van der Waals surface area contributed by atoms with E-state index >= 15 is 0 Å².